The molecule has 0 fully saturated rings. The van der Waals surface area contributed by atoms with Crippen LogP contribution in [0.3, 0.4) is 0 Å². The monoisotopic (exact) mass is 192 g/mol. The summed E-state index contributed by atoms with van der Waals surface area (Å²) in [6.45, 7) is 4.14. The van der Waals surface area contributed by atoms with E-state index in [2.05, 4.69) is 11.6 Å². The van der Waals surface area contributed by atoms with Crippen LogP contribution in [0, 0.1) is 0 Å². The third-order valence-electron chi connectivity index (χ3n) is 1.91. The normalized spacial score (nSPS) is 15.9. The highest BCUT2D eigenvalue weighted by Gasteiger charge is 2.03. The van der Waals surface area contributed by atoms with E-state index in [1.807, 2.05) is 6.92 Å². The average Bonchev–Trinajstić information content (AvgIpc) is 2.02. The molecule has 0 heterocycles. The summed E-state index contributed by atoms with van der Waals surface area (Å²) in [6, 6.07) is 0.134. The van der Waals surface area contributed by atoms with Crippen LogP contribution < -0.4 is 4.72 Å². The van der Waals surface area contributed by atoms with Gasteiger partial charge in [-0.1, -0.05) is 33.1 Å². The summed E-state index contributed by atoms with van der Waals surface area (Å²) in [5.41, 5.74) is 0. The van der Waals surface area contributed by atoms with E-state index < -0.39 is 11.3 Å². The average molecular weight is 192 g/mol. The fourth-order valence-corrected chi connectivity index (χ4v) is 1.68. The first-order valence-corrected chi connectivity index (χ1v) is 5.63. The van der Waals surface area contributed by atoms with Gasteiger partial charge in [0.1, 0.15) is 0 Å². The lowest BCUT2D eigenvalue weighted by Crippen LogP contribution is -2.29. The molecule has 0 aromatic carbocycles. The number of hydrogen-bond acceptors (Lipinski definition) is 2. The summed E-state index contributed by atoms with van der Waals surface area (Å²) >= 11 is -2.10. The van der Waals surface area contributed by atoms with Gasteiger partial charge < -0.3 is 4.55 Å². The Morgan fingerprint density at radius 2 is 2.08 bits per heavy atom. The van der Waals surface area contributed by atoms with Gasteiger partial charge in [-0.05, 0) is 12.8 Å². The molecule has 3 nitrogen and oxygen atoms in total. The maximum Gasteiger partial charge on any atom is 0.0183 e. The number of rotatable bonds is 7. The first-order valence-electron chi connectivity index (χ1n) is 4.56. The van der Waals surface area contributed by atoms with Crippen molar-refractivity contribution in [2.45, 2.75) is 52.0 Å². The van der Waals surface area contributed by atoms with Crippen LogP contribution in [0.25, 0.3) is 0 Å². The summed E-state index contributed by atoms with van der Waals surface area (Å²) in [5.74, 6) is 0. The Balaban J connectivity index is 3.46. The predicted molar refractivity (Wildman–Crippen MR) is 50.3 cm³/mol. The van der Waals surface area contributed by atoms with Crippen molar-refractivity contribution in [2.24, 2.45) is 0 Å². The quantitative estimate of drug-likeness (QED) is 0.493. The minimum atomic E-state index is -2.10. The van der Waals surface area contributed by atoms with Gasteiger partial charge in [0, 0.05) is 17.3 Å². The van der Waals surface area contributed by atoms with E-state index in [0.29, 0.717) is 0 Å². The summed E-state index contributed by atoms with van der Waals surface area (Å²) in [4.78, 5) is 0. The Hall–Kier alpha value is 0.0700. The standard InChI is InChI=1S/C8H19NO2S/c1-3-5-6-7-8(4-2)9-12(10)11/h8-9H,3-7H2,1-2H3,(H,10,11)/p-1. The Kier molecular flexibility index (Phi) is 7.75. The lowest BCUT2D eigenvalue weighted by Gasteiger charge is -2.17. The molecule has 0 bridgehead atoms. The summed E-state index contributed by atoms with van der Waals surface area (Å²) in [7, 11) is 0. The molecule has 0 aromatic heterocycles. The van der Waals surface area contributed by atoms with Crippen molar-refractivity contribution in [1.82, 2.24) is 4.72 Å². The van der Waals surface area contributed by atoms with Gasteiger partial charge in [-0.25, -0.2) is 4.72 Å². The van der Waals surface area contributed by atoms with Gasteiger partial charge in [-0.2, -0.15) is 0 Å². The molecule has 0 saturated carbocycles. The van der Waals surface area contributed by atoms with E-state index in [1.165, 1.54) is 12.8 Å². The summed E-state index contributed by atoms with van der Waals surface area (Å²) < 4.78 is 23.1. The van der Waals surface area contributed by atoms with E-state index in [4.69, 9.17) is 0 Å². The third kappa shape index (κ3) is 6.76. The fraction of sp³-hybridized carbons (Fsp3) is 1.00. The van der Waals surface area contributed by atoms with Crippen LogP contribution in [0.2, 0.25) is 0 Å². The number of unbranched alkanes of at least 4 members (excludes halogenated alkanes) is 2. The van der Waals surface area contributed by atoms with Crippen LogP contribution in [0.1, 0.15) is 46.0 Å². The maximum atomic E-state index is 10.3. The molecule has 0 saturated heterocycles. The Morgan fingerprint density at radius 3 is 2.50 bits per heavy atom. The van der Waals surface area contributed by atoms with Gasteiger partial charge in [0.2, 0.25) is 0 Å². The Labute approximate surface area is 77.4 Å². The van der Waals surface area contributed by atoms with Crippen molar-refractivity contribution in [3.05, 3.63) is 0 Å². The molecule has 0 aromatic rings. The van der Waals surface area contributed by atoms with Gasteiger partial charge in [0.25, 0.3) is 0 Å². The number of nitrogens with one attached hydrogen (secondary N) is 1. The minimum Gasteiger partial charge on any atom is -0.760 e. The Bertz CT molecular complexity index is 130. The predicted octanol–water partition coefficient (Wildman–Crippen LogP) is 1.73. The molecule has 4 heteroatoms. The van der Waals surface area contributed by atoms with E-state index in [9.17, 15) is 8.76 Å². The molecule has 0 aliphatic rings. The zero-order valence-electron chi connectivity index (χ0n) is 7.84. The largest absolute Gasteiger partial charge is 0.760 e. The molecule has 74 valence electrons. The molecule has 0 rings (SSSR count). The highest BCUT2D eigenvalue weighted by molar-refractivity contribution is 7.77. The molecule has 0 radical (unpaired) electrons. The van der Waals surface area contributed by atoms with Crippen molar-refractivity contribution in [1.29, 1.82) is 0 Å². The molecule has 0 aliphatic heterocycles. The second-order valence-corrected chi connectivity index (χ2v) is 3.66. The molecule has 0 aliphatic carbocycles. The van der Waals surface area contributed by atoms with Gasteiger partial charge in [-0.3, -0.25) is 4.21 Å². The van der Waals surface area contributed by atoms with E-state index >= 15 is 0 Å². The zero-order chi connectivity index (χ0) is 9.40. The smallest absolute Gasteiger partial charge is 0.0183 e. The van der Waals surface area contributed by atoms with Crippen LogP contribution >= 0.6 is 0 Å². The van der Waals surface area contributed by atoms with Crippen LogP contribution in [0.4, 0.5) is 0 Å². The molecule has 0 spiro atoms. The van der Waals surface area contributed by atoms with Crippen LogP contribution in [-0.2, 0) is 11.3 Å². The zero-order valence-corrected chi connectivity index (χ0v) is 8.65. The highest BCUT2D eigenvalue weighted by atomic mass is 32.2. The number of hydrogen-bond donors (Lipinski definition) is 1. The maximum absolute atomic E-state index is 10.3. The van der Waals surface area contributed by atoms with Crippen molar-refractivity contribution in [2.75, 3.05) is 0 Å². The van der Waals surface area contributed by atoms with Crippen LogP contribution in [-0.4, -0.2) is 14.8 Å². The molecule has 12 heavy (non-hydrogen) atoms. The summed E-state index contributed by atoms with van der Waals surface area (Å²) in [5, 5.41) is 0. The van der Waals surface area contributed by atoms with Crippen molar-refractivity contribution in [3.8, 4) is 0 Å². The first-order chi connectivity index (χ1) is 5.70. The van der Waals surface area contributed by atoms with Gasteiger partial charge in [0.05, 0.1) is 0 Å². The van der Waals surface area contributed by atoms with Crippen molar-refractivity contribution in [3.63, 3.8) is 0 Å². The van der Waals surface area contributed by atoms with Crippen molar-refractivity contribution >= 4 is 11.3 Å². The second kappa shape index (κ2) is 7.71. The lowest BCUT2D eigenvalue weighted by molar-refractivity contribution is 0.471. The van der Waals surface area contributed by atoms with Crippen LogP contribution in [0.15, 0.2) is 0 Å². The third-order valence-corrected chi connectivity index (χ3v) is 2.44. The lowest BCUT2D eigenvalue weighted by atomic mass is 10.1. The second-order valence-electron chi connectivity index (χ2n) is 2.95. The molecule has 2 unspecified atom stereocenters. The van der Waals surface area contributed by atoms with E-state index in [1.54, 1.807) is 0 Å². The topological polar surface area (TPSA) is 52.2 Å². The Morgan fingerprint density at radius 1 is 1.42 bits per heavy atom. The molecule has 2 atom stereocenters. The molecular weight excluding hydrogens is 174 g/mol. The minimum absolute atomic E-state index is 0.134. The highest BCUT2D eigenvalue weighted by Crippen LogP contribution is 2.06. The van der Waals surface area contributed by atoms with Crippen LogP contribution in [0.5, 0.6) is 0 Å². The SMILES string of the molecule is CCCCCC(CC)NS(=O)[O-]. The van der Waals surface area contributed by atoms with Crippen molar-refractivity contribution < 1.29 is 8.76 Å². The molecule has 1 N–H and O–H groups in total. The van der Waals surface area contributed by atoms with Gasteiger partial charge in [-0.15, -0.1) is 0 Å². The molecular formula is C8H18NO2S-. The van der Waals surface area contributed by atoms with E-state index in [0.717, 1.165) is 19.3 Å². The van der Waals surface area contributed by atoms with E-state index in [-0.39, 0.29) is 6.04 Å². The summed E-state index contributed by atoms with van der Waals surface area (Å²) in [6.07, 6.45) is 5.30. The van der Waals surface area contributed by atoms with Gasteiger partial charge >= 0.3 is 0 Å². The molecule has 0 amide bonds. The first kappa shape index (κ1) is 12.1. The fourth-order valence-electron chi connectivity index (χ4n) is 1.12. The van der Waals surface area contributed by atoms with Gasteiger partial charge in [0.15, 0.2) is 0 Å².